The molecule has 4 nitrogen and oxygen atoms in total. The number of hydrogen-bond donors (Lipinski definition) is 1. The van der Waals surface area contributed by atoms with Gasteiger partial charge >= 0.3 is 5.97 Å². The van der Waals surface area contributed by atoms with Gasteiger partial charge in [-0.3, -0.25) is 4.79 Å². The lowest BCUT2D eigenvalue weighted by Crippen LogP contribution is -2.29. The largest absolute Gasteiger partial charge is 0.481 e. The molecule has 0 aliphatic carbocycles. The fourth-order valence-electron chi connectivity index (χ4n) is 0.988. The molecule has 13 heavy (non-hydrogen) atoms. The first-order chi connectivity index (χ1) is 6.07. The third kappa shape index (κ3) is 6.12. The van der Waals surface area contributed by atoms with Crippen LogP contribution in [0.25, 0.3) is 0 Å². The van der Waals surface area contributed by atoms with Gasteiger partial charge in [0.25, 0.3) is 0 Å². The Morgan fingerprint density at radius 1 is 1.69 bits per heavy atom. The number of nitrogens with zero attached hydrogens (tertiary/aromatic N) is 2. The van der Waals surface area contributed by atoms with Gasteiger partial charge in [0.05, 0.1) is 12.5 Å². The average molecular weight is 184 g/mol. The number of hydrogen-bond acceptors (Lipinski definition) is 3. The van der Waals surface area contributed by atoms with E-state index in [2.05, 4.69) is 6.07 Å². The smallest absolute Gasteiger partial charge is 0.303 e. The van der Waals surface area contributed by atoms with Crippen molar-refractivity contribution in [2.24, 2.45) is 0 Å². The Labute approximate surface area is 78.8 Å². The topological polar surface area (TPSA) is 64.3 Å². The summed E-state index contributed by atoms with van der Waals surface area (Å²) in [5.41, 5.74) is 0. The van der Waals surface area contributed by atoms with Crippen molar-refractivity contribution in [3.63, 3.8) is 0 Å². The molecule has 0 heterocycles. The molecular weight excluding hydrogens is 168 g/mol. The van der Waals surface area contributed by atoms with Crippen LogP contribution in [0.4, 0.5) is 0 Å². The van der Waals surface area contributed by atoms with Crippen LogP contribution in [0.15, 0.2) is 0 Å². The predicted molar refractivity (Wildman–Crippen MR) is 49.2 cm³/mol. The summed E-state index contributed by atoms with van der Waals surface area (Å²) in [7, 11) is 1.91. The van der Waals surface area contributed by atoms with Gasteiger partial charge in [-0.25, -0.2) is 0 Å². The van der Waals surface area contributed by atoms with Crippen LogP contribution in [-0.2, 0) is 4.79 Å². The molecule has 0 spiro atoms. The van der Waals surface area contributed by atoms with E-state index in [1.54, 1.807) is 0 Å². The molecule has 0 radical (unpaired) electrons. The summed E-state index contributed by atoms with van der Waals surface area (Å²) in [4.78, 5) is 12.2. The standard InChI is InChI=1S/C9H16N2O2/c1-8(5-6-10)11(2)7-3-4-9(12)13/h8H,3-5,7H2,1-2H3,(H,12,13). The zero-order valence-corrected chi connectivity index (χ0v) is 8.16. The second-order valence-corrected chi connectivity index (χ2v) is 3.19. The zero-order chi connectivity index (χ0) is 10.3. The third-order valence-electron chi connectivity index (χ3n) is 2.04. The summed E-state index contributed by atoms with van der Waals surface area (Å²) in [6, 6.07) is 2.30. The van der Waals surface area contributed by atoms with E-state index in [4.69, 9.17) is 10.4 Å². The number of nitriles is 1. The van der Waals surface area contributed by atoms with E-state index in [1.165, 1.54) is 0 Å². The Morgan fingerprint density at radius 2 is 2.31 bits per heavy atom. The maximum absolute atomic E-state index is 10.2. The molecule has 0 saturated heterocycles. The number of carbonyl (C=O) groups is 1. The van der Waals surface area contributed by atoms with Crippen LogP contribution in [0.2, 0.25) is 0 Å². The number of carboxylic acid groups (broad SMARTS) is 1. The summed E-state index contributed by atoms with van der Waals surface area (Å²) in [5.74, 6) is -0.763. The Hall–Kier alpha value is -1.08. The average Bonchev–Trinajstić information content (AvgIpc) is 2.04. The van der Waals surface area contributed by atoms with Crippen molar-refractivity contribution in [2.75, 3.05) is 13.6 Å². The summed E-state index contributed by atoms with van der Waals surface area (Å²) in [5, 5.41) is 16.8. The lowest BCUT2D eigenvalue weighted by molar-refractivity contribution is -0.137. The van der Waals surface area contributed by atoms with E-state index < -0.39 is 5.97 Å². The molecule has 1 unspecified atom stereocenters. The van der Waals surface area contributed by atoms with Crippen molar-refractivity contribution < 1.29 is 9.90 Å². The highest BCUT2D eigenvalue weighted by molar-refractivity contribution is 5.66. The van der Waals surface area contributed by atoms with Gasteiger partial charge < -0.3 is 10.0 Å². The Bertz CT molecular complexity index is 198. The molecule has 0 saturated carbocycles. The van der Waals surface area contributed by atoms with Gasteiger partial charge in [-0.15, -0.1) is 0 Å². The Morgan fingerprint density at radius 3 is 2.77 bits per heavy atom. The van der Waals surface area contributed by atoms with E-state index in [0.717, 1.165) is 6.54 Å². The van der Waals surface area contributed by atoms with Crippen molar-refractivity contribution >= 4 is 5.97 Å². The van der Waals surface area contributed by atoms with Gasteiger partial charge in [-0.2, -0.15) is 5.26 Å². The molecule has 1 atom stereocenters. The molecule has 0 rings (SSSR count). The summed E-state index contributed by atoms with van der Waals surface area (Å²) in [6.07, 6.45) is 1.33. The fourth-order valence-corrected chi connectivity index (χ4v) is 0.988. The SMILES string of the molecule is CC(CC#N)N(C)CCCC(=O)O. The van der Waals surface area contributed by atoms with Crippen molar-refractivity contribution in [2.45, 2.75) is 32.2 Å². The minimum atomic E-state index is -0.763. The van der Waals surface area contributed by atoms with Crippen LogP contribution >= 0.6 is 0 Å². The van der Waals surface area contributed by atoms with Gasteiger partial charge in [0.1, 0.15) is 0 Å². The van der Waals surface area contributed by atoms with Gasteiger partial charge in [0.15, 0.2) is 0 Å². The maximum atomic E-state index is 10.2. The van der Waals surface area contributed by atoms with Gasteiger partial charge in [0.2, 0.25) is 0 Å². The molecule has 0 aromatic carbocycles. The van der Waals surface area contributed by atoms with Gasteiger partial charge in [-0.1, -0.05) is 0 Å². The van der Waals surface area contributed by atoms with Crippen molar-refractivity contribution in [1.82, 2.24) is 4.90 Å². The third-order valence-corrected chi connectivity index (χ3v) is 2.04. The van der Waals surface area contributed by atoms with Crippen LogP contribution in [0.5, 0.6) is 0 Å². The summed E-state index contributed by atoms with van der Waals surface area (Å²) >= 11 is 0. The van der Waals surface area contributed by atoms with E-state index in [-0.39, 0.29) is 12.5 Å². The van der Waals surface area contributed by atoms with Crippen LogP contribution in [0.1, 0.15) is 26.2 Å². The first-order valence-corrected chi connectivity index (χ1v) is 4.37. The van der Waals surface area contributed by atoms with Crippen molar-refractivity contribution in [3.05, 3.63) is 0 Å². The molecule has 0 fully saturated rings. The summed E-state index contributed by atoms with van der Waals surface area (Å²) in [6.45, 7) is 2.69. The number of carboxylic acids is 1. The normalized spacial score (nSPS) is 12.5. The highest BCUT2D eigenvalue weighted by atomic mass is 16.4. The molecule has 0 aromatic heterocycles. The van der Waals surface area contributed by atoms with E-state index >= 15 is 0 Å². The van der Waals surface area contributed by atoms with Crippen LogP contribution in [-0.4, -0.2) is 35.6 Å². The molecule has 0 amide bonds. The quantitative estimate of drug-likeness (QED) is 0.671. The molecule has 0 aromatic rings. The van der Waals surface area contributed by atoms with Crippen molar-refractivity contribution in [3.8, 4) is 6.07 Å². The lowest BCUT2D eigenvalue weighted by Gasteiger charge is -2.21. The van der Waals surface area contributed by atoms with Gasteiger partial charge in [-0.05, 0) is 26.9 Å². The first kappa shape index (κ1) is 11.9. The lowest BCUT2D eigenvalue weighted by atomic mass is 10.2. The minimum absolute atomic E-state index is 0.198. The molecule has 0 aliphatic rings. The molecule has 0 aliphatic heterocycles. The second-order valence-electron chi connectivity index (χ2n) is 3.19. The molecular formula is C9H16N2O2. The van der Waals surface area contributed by atoms with Crippen LogP contribution < -0.4 is 0 Å². The highest BCUT2D eigenvalue weighted by Gasteiger charge is 2.08. The molecule has 0 bridgehead atoms. The molecule has 74 valence electrons. The van der Waals surface area contributed by atoms with Crippen LogP contribution in [0, 0.1) is 11.3 Å². The second kappa shape index (κ2) is 6.44. The summed E-state index contributed by atoms with van der Waals surface area (Å²) < 4.78 is 0. The van der Waals surface area contributed by atoms with Gasteiger partial charge in [0, 0.05) is 12.5 Å². The monoisotopic (exact) mass is 184 g/mol. The number of aliphatic carboxylic acids is 1. The Kier molecular flexibility index (Phi) is 5.90. The highest BCUT2D eigenvalue weighted by Crippen LogP contribution is 2.02. The van der Waals surface area contributed by atoms with Crippen LogP contribution in [0.3, 0.4) is 0 Å². The fraction of sp³-hybridized carbons (Fsp3) is 0.778. The predicted octanol–water partition coefficient (Wildman–Crippen LogP) is 1.09. The van der Waals surface area contributed by atoms with E-state index in [0.29, 0.717) is 12.8 Å². The van der Waals surface area contributed by atoms with E-state index in [1.807, 2.05) is 18.9 Å². The zero-order valence-electron chi connectivity index (χ0n) is 8.16. The molecule has 1 N–H and O–H groups in total. The molecule has 4 heteroatoms. The maximum Gasteiger partial charge on any atom is 0.303 e. The minimum Gasteiger partial charge on any atom is -0.481 e. The number of rotatable bonds is 6. The Balaban J connectivity index is 3.56. The van der Waals surface area contributed by atoms with E-state index in [9.17, 15) is 4.79 Å². The first-order valence-electron chi connectivity index (χ1n) is 4.37. The van der Waals surface area contributed by atoms with Crippen molar-refractivity contribution in [1.29, 1.82) is 5.26 Å².